The van der Waals surface area contributed by atoms with Gasteiger partial charge in [0.2, 0.25) is 10.0 Å². The number of nitrogens with one attached hydrogen (secondary N) is 1. The summed E-state index contributed by atoms with van der Waals surface area (Å²) in [5, 5.41) is 0. The molecule has 1 aromatic rings. The predicted octanol–water partition coefficient (Wildman–Crippen LogP) is 3.13. The van der Waals surface area contributed by atoms with Gasteiger partial charge in [-0.25, -0.2) is 13.1 Å². The van der Waals surface area contributed by atoms with E-state index < -0.39 is 10.0 Å². The van der Waals surface area contributed by atoms with E-state index in [1.807, 2.05) is 13.8 Å². The molecular formula is C16H26N2O2S. The maximum absolute atomic E-state index is 12.6. The fourth-order valence-electron chi connectivity index (χ4n) is 2.84. The van der Waals surface area contributed by atoms with Crippen molar-refractivity contribution in [3.05, 3.63) is 23.3 Å². The van der Waals surface area contributed by atoms with Crippen molar-refractivity contribution in [3.63, 3.8) is 0 Å². The van der Waals surface area contributed by atoms with E-state index in [-0.39, 0.29) is 10.9 Å². The quantitative estimate of drug-likeness (QED) is 0.842. The van der Waals surface area contributed by atoms with E-state index in [2.05, 4.69) is 18.6 Å². The summed E-state index contributed by atoms with van der Waals surface area (Å²) in [5.41, 5.74) is 8.49. The molecular weight excluding hydrogens is 284 g/mol. The highest BCUT2D eigenvalue weighted by Crippen LogP contribution is 2.35. The minimum absolute atomic E-state index is 0.0176. The maximum atomic E-state index is 12.6. The molecule has 5 heteroatoms. The van der Waals surface area contributed by atoms with Gasteiger partial charge >= 0.3 is 0 Å². The number of anilines is 1. The van der Waals surface area contributed by atoms with E-state index in [0.29, 0.717) is 11.1 Å². The van der Waals surface area contributed by atoms with Gasteiger partial charge in [0.1, 0.15) is 4.90 Å². The molecule has 0 amide bonds. The lowest BCUT2D eigenvalue weighted by atomic mass is 9.76. The monoisotopic (exact) mass is 310 g/mol. The van der Waals surface area contributed by atoms with Crippen LogP contribution in [0, 0.1) is 19.3 Å². The number of aryl methyl sites for hydroxylation is 2. The highest BCUT2D eigenvalue weighted by atomic mass is 32.2. The Morgan fingerprint density at radius 1 is 1.14 bits per heavy atom. The summed E-state index contributed by atoms with van der Waals surface area (Å²) in [7, 11) is -3.54. The van der Waals surface area contributed by atoms with Crippen LogP contribution in [0.4, 0.5) is 5.69 Å². The summed E-state index contributed by atoms with van der Waals surface area (Å²) < 4.78 is 27.9. The first kappa shape index (κ1) is 16.3. The molecule has 4 nitrogen and oxygen atoms in total. The summed E-state index contributed by atoms with van der Waals surface area (Å²) in [6.07, 6.45) is 3.86. The molecule has 0 aromatic heterocycles. The van der Waals surface area contributed by atoms with E-state index >= 15 is 0 Å². The molecule has 0 aliphatic heterocycles. The predicted molar refractivity (Wildman–Crippen MR) is 86.7 cm³/mol. The zero-order valence-corrected chi connectivity index (χ0v) is 14.2. The van der Waals surface area contributed by atoms with Crippen molar-refractivity contribution in [2.45, 2.75) is 64.3 Å². The van der Waals surface area contributed by atoms with E-state index in [9.17, 15) is 8.42 Å². The van der Waals surface area contributed by atoms with Crippen LogP contribution in [0.3, 0.4) is 0 Å². The molecule has 0 saturated heterocycles. The van der Waals surface area contributed by atoms with Gasteiger partial charge in [-0.05, 0) is 68.2 Å². The van der Waals surface area contributed by atoms with E-state index in [1.54, 1.807) is 12.1 Å². The van der Waals surface area contributed by atoms with Crippen molar-refractivity contribution >= 4 is 15.7 Å². The molecule has 0 atom stereocenters. The van der Waals surface area contributed by atoms with Crippen LogP contribution in [0.5, 0.6) is 0 Å². The highest BCUT2D eigenvalue weighted by molar-refractivity contribution is 7.89. The zero-order chi connectivity index (χ0) is 15.8. The number of benzene rings is 1. The first-order valence-corrected chi connectivity index (χ1v) is 8.98. The van der Waals surface area contributed by atoms with Crippen LogP contribution in [-0.4, -0.2) is 14.5 Å². The first-order chi connectivity index (χ1) is 9.61. The molecule has 21 heavy (non-hydrogen) atoms. The average Bonchev–Trinajstić information content (AvgIpc) is 2.36. The van der Waals surface area contributed by atoms with Crippen LogP contribution >= 0.6 is 0 Å². The van der Waals surface area contributed by atoms with Crippen molar-refractivity contribution in [2.75, 3.05) is 5.73 Å². The third kappa shape index (κ3) is 3.77. The standard InChI is InChI=1S/C16H26N2O2S/c1-11-9-14(17)15(10-12(11)2)21(19,20)18-13-5-7-16(3,4)8-6-13/h9-10,13,18H,5-8,17H2,1-4H3. The van der Waals surface area contributed by atoms with Gasteiger partial charge in [0, 0.05) is 6.04 Å². The topological polar surface area (TPSA) is 72.2 Å². The van der Waals surface area contributed by atoms with Gasteiger partial charge in [-0.1, -0.05) is 13.8 Å². The van der Waals surface area contributed by atoms with Crippen LogP contribution < -0.4 is 10.5 Å². The van der Waals surface area contributed by atoms with Crippen LogP contribution in [-0.2, 0) is 10.0 Å². The average molecular weight is 310 g/mol. The number of nitrogen functional groups attached to an aromatic ring is 1. The highest BCUT2D eigenvalue weighted by Gasteiger charge is 2.30. The Bertz CT molecular complexity index is 626. The summed E-state index contributed by atoms with van der Waals surface area (Å²) in [5.74, 6) is 0. The largest absolute Gasteiger partial charge is 0.398 e. The van der Waals surface area contributed by atoms with Crippen LogP contribution in [0.25, 0.3) is 0 Å². The van der Waals surface area contributed by atoms with Crippen molar-refractivity contribution in [1.29, 1.82) is 0 Å². The van der Waals surface area contributed by atoms with Crippen molar-refractivity contribution < 1.29 is 8.42 Å². The second-order valence-corrected chi connectivity index (χ2v) is 8.72. The molecule has 1 aromatic carbocycles. The Hall–Kier alpha value is -1.07. The summed E-state index contributed by atoms with van der Waals surface area (Å²) >= 11 is 0. The Morgan fingerprint density at radius 3 is 2.24 bits per heavy atom. The first-order valence-electron chi connectivity index (χ1n) is 7.50. The van der Waals surface area contributed by atoms with Crippen molar-refractivity contribution in [1.82, 2.24) is 4.72 Å². The number of hydrogen-bond acceptors (Lipinski definition) is 3. The summed E-state index contributed by atoms with van der Waals surface area (Å²) in [4.78, 5) is 0.204. The van der Waals surface area contributed by atoms with Crippen LogP contribution in [0.15, 0.2) is 17.0 Å². The Balaban J connectivity index is 2.18. The lowest BCUT2D eigenvalue weighted by Gasteiger charge is -2.34. The fourth-order valence-corrected chi connectivity index (χ4v) is 4.35. The molecule has 3 N–H and O–H groups in total. The Morgan fingerprint density at radius 2 is 1.67 bits per heavy atom. The van der Waals surface area contributed by atoms with Gasteiger partial charge in [-0.3, -0.25) is 0 Å². The minimum atomic E-state index is -3.54. The number of hydrogen-bond donors (Lipinski definition) is 2. The molecule has 0 radical (unpaired) electrons. The SMILES string of the molecule is Cc1cc(N)c(S(=O)(=O)NC2CCC(C)(C)CC2)cc1C. The molecule has 0 bridgehead atoms. The van der Waals surface area contributed by atoms with Gasteiger partial charge < -0.3 is 5.73 Å². The number of rotatable bonds is 3. The lowest BCUT2D eigenvalue weighted by molar-refractivity contribution is 0.218. The molecule has 0 unspecified atom stereocenters. The van der Waals surface area contributed by atoms with Crippen molar-refractivity contribution in [2.24, 2.45) is 5.41 Å². The van der Waals surface area contributed by atoms with Gasteiger partial charge in [-0.15, -0.1) is 0 Å². The van der Waals surface area contributed by atoms with Gasteiger partial charge in [0.05, 0.1) is 5.69 Å². The third-order valence-corrected chi connectivity index (χ3v) is 6.15. The van der Waals surface area contributed by atoms with Crippen LogP contribution in [0.1, 0.15) is 50.7 Å². The van der Waals surface area contributed by atoms with Gasteiger partial charge in [0.15, 0.2) is 0 Å². The molecule has 1 saturated carbocycles. The molecule has 118 valence electrons. The molecule has 1 fully saturated rings. The fraction of sp³-hybridized carbons (Fsp3) is 0.625. The molecule has 2 rings (SSSR count). The third-order valence-electron chi connectivity index (χ3n) is 4.58. The molecule has 1 aliphatic carbocycles. The summed E-state index contributed by atoms with van der Waals surface area (Å²) in [6, 6.07) is 3.41. The Labute approximate surface area is 128 Å². The normalized spacial score (nSPS) is 19.6. The van der Waals surface area contributed by atoms with Crippen molar-refractivity contribution in [3.8, 4) is 0 Å². The summed E-state index contributed by atoms with van der Waals surface area (Å²) in [6.45, 7) is 8.30. The number of sulfonamides is 1. The molecule has 1 aliphatic rings. The smallest absolute Gasteiger partial charge is 0.242 e. The lowest BCUT2D eigenvalue weighted by Crippen LogP contribution is -2.39. The second-order valence-electron chi connectivity index (χ2n) is 7.03. The van der Waals surface area contributed by atoms with Gasteiger partial charge in [0.25, 0.3) is 0 Å². The van der Waals surface area contributed by atoms with Gasteiger partial charge in [-0.2, -0.15) is 0 Å². The zero-order valence-electron chi connectivity index (χ0n) is 13.4. The van der Waals surface area contributed by atoms with Crippen LogP contribution in [0.2, 0.25) is 0 Å². The van der Waals surface area contributed by atoms with E-state index in [4.69, 9.17) is 5.73 Å². The Kier molecular flexibility index (Phi) is 4.36. The van der Waals surface area contributed by atoms with E-state index in [1.165, 1.54) is 0 Å². The maximum Gasteiger partial charge on any atom is 0.242 e. The minimum Gasteiger partial charge on any atom is -0.398 e. The molecule has 0 heterocycles. The molecule has 0 spiro atoms. The second kappa shape index (κ2) is 5.61. The van der Waals surface area contributed by atoms with E-state index in [0.717, 1.165) is 36.8 Å². The number of nitrogens with two attached hydrogens (primary N) is 1.